The van der Waals surface area contributed by atoms with Gasteiger partial charge in [0.25, 0.3) is 0 Å². The highest BCUT2D eigenvalue weighted by Crippen LogP contribution is 2.46. The molecule has 5 rings (SSSR count). The van der Waals surface area contributed by atoms with Gasteiger partial charge in [0.15, 0.2) is 0 Å². The number of hydrogen-bond acceptors (Lipinski definition) is 7. The lowest BCUT2D eigenvalue weighted by atomic mass is 9.95. The van der Waals surface area contributed by atoms with Crippen molar-refractivity contribution in [2.75, 3.05) is 38.3 Å². The molecule has 2 aromatic heterocycles. The lowest BCUT2D eigenvalue weighted by Crippen LogP contribution is -2.56. The maximum Gasteiger partial charge on any atom is 0.223 e. The number of methoxy groups -OCH3 is 1. The van der Waals surface area contributed by atoms with Gasteiger partial charge in [0, 0.05) is 63.0 Å². The van der Waals surface area contributed by atoms with E-state index in [1.165, 1.54) is 0 Å². The first-order chi connectivity index (χ1) is 18.1. The van der Waals surface area contributed by atoms with Crippen LogP contribution >= 0.6 is 0 Å². The fourth-order valence-corrected chi connectivity index (χ4v) is 5.33. The van der Waals surface area contributed by atoms with Crippen molar-refractivity contribution >= 4 is 17.8 Å². The Balaban J connectivity index is 1.48. The summed E-state index contributed by atoms with van der Waals surface area (Å²) in [6.45, 7) is 6.36. The third kappa shape index (κ3) is 5.21. The average Bonchev–Trinajstić information content (AvgIpc) is 3.85. The molecule has 0 spiro atoms. The zero-order valence-corrected chi connectivity index (χ0v) is 21.3. The molecule has 0 N–H and O–H groups in total. The molecule has 2 aromatic rings. The number of carbonyl (C=O) groups is 1. The van der Waals surface area contributed by atoms with E-state index in [0.717, 1.165) is 48.9 Å². The summed E-state index contributed by atoms with van der Waals surface area (Å²) >= 11 is 0. The Morgan fingerprint density at radius 3 is 2.59 bits per heavy atom. The first-order valence-electron chi connectivity index (χ1n) is 13.1. The zero-order chi connectivity index (χ0) is 25.9. The van der Waals surface area contributed by atoms with Crippen LogP contribution in [0.15, 0.2) is 24.9 Å². The van der Waals surface area contributed by atoms with E-state index in [1.807, 2.05) is 12.1 Å². The van der Waals surface area contributed by atoms with Gasteiger partial charge in [-0.05, 0) is 56.2 Å². The van der Waals surface area contributed by atoms with Gasteiger partial charge in [-0.3, -0.25) is 9.78 Å². The molecule has 8 heteroatoms. The number of aromatic nitrogens is 2. The van der Waals surface area contributed by atoms with Crippen LogP contribution in [0.5, 0.6) is 0 Å². The van der Waals surface area contributed by atoms with Crippen LogP contribution in [-0.4, -0.2) is 60.2 Å². The summed E-state index contributed by atoms with van der Waals surface area (Å²) in [6, 6.07) is 8.50. The number of pyridine rings is 2. The van der Waals surface area contributed by atoms with Crippen molar-refractivity contribution in [2.45, 2.75) is 50.5 Å². The summed E-state index contributed by atoms with van der Waals surface area (Å²) < 4.78 is 5.13. The molecule has 8 nitrogen and oxygen atoms in total. The summed E-state index contributed by atoms with van der Waals surface area (Å²) in [5.74, 6) is 1.71. The predicted molar refractivity (Wildman–Crippen MR) is 141 cm³/mol. The number of piperazine rings is 1. The molecule has 2 aliphatic carbocycles. The predicted octanol–water partition coefficient (Wildman–Crippen LogP) is 4.26. The second-order valence-electron chi connectivity index (χ2n) is 10.2. The largest absolute Gasteiger partial charge is 0.385 e. The second-order valence-corrected chi connectivity index (χ2v) is 10.2. The molecule has 3 heterocycles. The van der Waals surface area contributed by atoms with Crippen molar-refractivity contribution in [1.82, 2.24) is 14.9 Å². The molecule has 1 atom stereocenters. The average molecular weight is 497 g/mol. The Kier molecular flexibility index (Phi) is 7.21. The number of amides is 1. The highest BCUT2D eigenvalue weighted by atomic mass is 16.5. The van der Waals surface area contributed by atoms with Crippen LogP contribution in [0.2, 0.25) is 0 Å². The monoisotopic (exact) mass is 496 g/mol. The Labute approximate surface area is 218 Å². The molecule has 2 saturated carbocycles. The normalized spacial score (nSPS) is 19.3. The minimum Gasteiger partial charge on any atom is -0.385 e. The minimum atomic E-state index is 0.140. The molecule has 0 radical (unpaired) electrons. The van der Waals surface area contributed by atoms with Crippen molar-refractivity contribution in [3.8, 4) is 23.3 Å². The van der Waals surface area contributed by atoms with Gasteiger partial charge in [0.1, 0.15) is 18.0 Å². The van der Waals surface area contributed by atoms with E-state index in [4.69, 9.17) is 9.72 Å². The molecular weight excluding hydrogens is 464 g/mol. The minimum absolute atomic E-state index is 0.140. The van der Waals surface area contributed by atoms with Gasteiger partial charge in [-0.1, -0.05) is 6.58 Å². The highest BCUT2D eigenvalue weighted by molar-refractivity contribution is 5.79. The summed E-state index contributed by atoms with van der Waals surface area (Å²) in [7, 11) is 1.66. The molecule has 0 bridgehead atoms. The van der Waals surface area contributed by atoms with E-state index in [9.17, 15) is 15.3 Å². The second kappa shape index (κ2) is 10.7. The molecule has 1 saturated heterocycles. The smallest absolute Gasteiger partial charge is 0.223 e. The van der Waals surface area contributed by atoms with Crippen LogP contribution in [0.25, 0.3) is 17.2 Å². The quantitative estimate of drug-likeness (QED) is 0.478. The first-order valence-corrected chi connectivity index (χ1v) is 13.1. The SMILES string of the molecule is C=Cc1cc(-c2cc(C#N)c(N3CCN(C(=O)CCCOC)C(C4CC4)C3)nc2C2CC2)c(C#N)cn1. The van der Waals surface area contributed by atoms with E-state index < -0.39 is 0 Å². The Bertz CT molecular complexity index is 1280. The van der Waals surface area contributed by atoms with Crippen LogP contribution in [0.3, 0.4) is 0 Å². The van der Waals surface area contributed by atoms with Gasteiger partial charge in [-0.15, -0.1) is 0 Å². The number of nitriles is 2. The lowest BCUT2D eigenvalue weighted by Gasteiger charge is -2.42. The van der Waals surface area contributed by atoms with Crippen molar-refractivity contribution in [2.24, 2.45) is 5.92 Å². The number of anilines is 1. The first kappa shape index (κ1) is 24.9. The molecule has 3 fully saturated rings. The number of carbonyl (C=O) groups excluding carboxylic acids is 1. The zero-order valence-electron chi connectivity index (χ0n) is 21.3. The Morgan fingerprint density at radius 1 is 1.16 bits per heavy atom. The molecule has 0 aromatic carbocycles. The van der Waals surface area contributed by atoms with Gasteiger partial charge >= 0.3 is 0 Å². The van der Waals surface area contributed by atoms with Gasteiger partial charge in [0.2, 0.25) is 5.91 Å². The molecular formula is C29H32N6O2. The van der Waals surface area contributed by atoms with Crippen LogP contribution in [0, 0.1) is 28.6 Å². The summed E-state index contributed by atoms with van der Waals surface area (Å²) in [6.07, 6.45) is 8.80. The number of rotatable bonds is 9. The number of hydrogen-bond donors (Lipinski definition) is 0. The molecule has 1 aliphatic heterocycles. The standard InChI is InChI=1S/C29H32N6O2/c1-3-23-14-24(22(16-31)17-32-23)25-13-21(15-30)29(33-28(25)20-8-9-20)34-10-11-35(26(18-34)19-6-7-19)27(36)5-4-12-37-2/h3,13-14,17,19-20,26H,1,4-12,18H2,2H3. The molecule has 1 amide bonds. The third-order valence-electron chi connectivity index (χ3n) is 7.60. The van der Waals surface area contributed by atoms with E-state index in [0.29, 0.717) is 67.1 Å². The molecule has 37 heavy (non-hydrogen) atoms. The van der Waals surface area contributed by atoms with Crippen LogP contribution in [0.4, 0.5) is 5.82 Å². The van der Waals surface area contributed by atoms with E-state index in [-0.39, 0.29) is 11.9 Å². The van der Waals surface area contributed by atoms with E-state index in [2.05, 4.69) is 33.5 Å². The fourth-order valence-electron chi connectivity index (χ4n) is 5.33. The summed E-state index contributed by atoms with van der Waals surface area (Å²) in [5.41, 5.74) is 4.14. The van der Waals surface area contributed by atoms with Gasteiger partial charge in [-0.2, -0.15) is 10.5 Å². The number of ether oxygens (including phenoxy) is 1. The van der Waals surface area contributed by atoms with Crippen molar-refractivity contribution in [1.29, 1.82) is 10.5 Å². The molecule has 190 valence electrons. The third-order valence-corrected chi connectivity index (χ3v) is 7.60. The van der Waals surface area contributed by atoms with Crippen LogP contribution in [0.1, 0.15) is 67.0 Å². The maximum atomic E-state index is 13.0. The van der Waals surface area contributed by atoms with E-state index >= 15 is 0 Å². The maximum absolute atomic E-state index is 13.0. The van der Waals surface area contributed by atoms with Crippen molar-refractivity contribution in [3.05, 3.63) is 47.4 Å². The summed E-state index contributed by atoms with van der Waals surface area (Å²) in [5, 5.41) is 19.9. The molecule has 3 aliphatic rings. The van der Waals surface area contributed by atoms with Gasteiger partial charge < -0.3 is 14.5 Å². The van der Waals surface area contributed by atoms with Crippen molar-refractivity contribution in [3.63, 3.8) is 0 Å². The van der Waals surface area contributed by atoms with E-state index in [1.54, 1.807) is 19.4 Å². The Morgan fingerprint density at radius 2 is 1.95 bits per heavy atom. The Hall–Kier alpha value is -3.75. The molecule has 1 unspecified atom stereocenters. The van der Waals surface area contributed by atoms with Crippen LogP contribution in [-0.2, 0) is 9.53 Å². The topological polar surface area (TPSA) is 106 Å². The fraction of sp³-hybridized carbons (Fsp3) is 0.483. The van der Waals surface area contributed by atoms with Crippen LogP contribution < -0.4 is 4.90 Å². The summed E-state index contributed by atoms with van der Waals surface area (Å²) in [4.78, 5) is 26.6. The van der Waals surface area contributed by atoms with Gasteiger partial charge in [-0.25, -0.2) is 4.98 Å². The highest BCUT2D eigenvalue weighted by Gasteiger charge is 2.41. The van der Waals surface area contributed by atoms with Crippen molar-refractivity contribution < 1.29 is 9.53 Å². The van der Waals surface area contributed by atoms with Gasteiger partial charge in [0.05, 0.1) is 28.6 Å². The lowest BCUT2D eigenvalue weighted by molar-refractivity contribution is -0.134. The number of nitrogens with zero attached hydrogens (tertiary/aromatic N) is 6.